The molecule has 0 heterocycles. The molecule has 3 rings (SSSR count). The molecule has 0 unspecified atom stereocenters. The number of benzene rings is 3. The Morgan fingerprint density at radius 2 is 1.27 bits per heavy atom. The van der Waals surface area contributed by atoms with Crippen LogP contribution in [-0.4, -0.2) is 11.1 Å². The topological polar surface area (TPSA) is 46.5 Å². The van der Waals surface area contributed by atoms with Crippen molar-refractivity contribution in [1.29, 1.82) is 0 Å². The standard InChI is InChI=1S/C22H15Cl2F3O3/c23-17-9-3-13(4-10-17)19(28)20(14-5-11-18(24)12-6-14)30-21(29)15-1-7-16(8-2-15)22(25,26)27/h1-12,19-20,28H/t19-,20-/m0/s1. The third kappa shape index (κ3) is 5.33. The van der Waals surface area contributed by atoms with Gasteiger partial charge in [-0.15, -0.1) is 0 Å². The number of carbonyl (C=O) groups is 1. The lowest BCUT2D eigenvalue weighted by Gasteiger charge is -2.24. The molecular weight excluding hydrogens is 440 g/mol. The Balaban J connectivity index is 1.89. The van der Waals surface area contributed by atoms with E-state index in [-0.39, 0.29) is 5.56 Å². The molecule has 3 aromatic rings. The van der Waals surface area contributed by atoms with Crippen LogP contribution in [0.3, 0.4) is 0 Å². The molecular formula is C22H15Cl2F3O3. The fraction of sp³-hybridized carbons (Fsp3) is 0.136. The first-order chi connectivity index (χ1) is 14.1. The van der Waals surface area contributed by atoms with Gasteiger partial charge in [0.2, 0.25) is 0 Å². The summed E-state index contributed by atoms with van der Waals surface area (Å²) in [6.45, 7) is 0. The fourth-order valence-corrected chi connectivity index (χ4v) is 3.03. The van der Waals surface area contributed by atoms with Crippen molar-refractivity contribution in [3.05, 3.63) is 105 Å². The molecule has 0 saturated carbocycles. The van der Waals surface area contributed by atoms with Gasteiger partial charge < -0.3 is 9.84 Å². The van der Waals surface area contributed by atoms with Gasteiger partial charge in [-0.2, -0.15) is 13.2 Å². The largest absolute Gasteiger partial charge is 0.451 e. The lowest BCUT2D eigenvalue weighted by Crippen LogP contribution is -2.19. The monoisotopic (exact) mass is 454 g/mol. The van der Waals surface area contributed by atoms with E-state index >= 15 is 0 Å². The van der Waals surface area contributed by atoms with E-state index in [0.29, 0.717) is 21.2 Å². The summed E-state index contributed by atoms with van der Waals surface area (Å²) in [7, 11) is 0. The van der Waals surface area contributed by atoms with Gasteiger partial charge in [0.1, 0.15) is 6.10 Å². The van der Waals surface area contributed by atoms with Crippen LogP contribution in [-0.2, 0) is 10.9 Å². The molecule has 0 aliphatic heterocycles. The van der Waals surface area contributed by atoms with Crippen LogP contribution in [0.25, 0.3) is 0 Å². The minimum Gasteiger partial charge on any atom is -0.451 e. The Morgan fingerprint density at radius 1 is 0.800 bits per heavy atom. The zero-order valence-corrected chi connectivity index (χ0v) is 16.7. The van der Waals surface area contributed by atoms with Crippen LogP contribution in [0, 0.1) is 0 Å². The van der Waals surface area contributed by atoms with E-state index in [4.69, 9.17) is 27.9 Å². The zero-order chi connectivity index (χ0) is 21.9. The summed E-state index contributed by atoms with van der Waals surface area (Å²) in [6, 6.07) is 16.3. The number of carbonyl (C=O) groups excluding carboxylic acids is 1. The predicted octanol–water partition coefficient (Wildman–Crippen LogP) is 6.64. The highest BCUT2D eigenvalue weighted by molar-refractivity contribution is 6.30. The second-order valence-electron chi connectivity index (χ2n) is 6.45. The molecule has 30 heavy (non-hydrogen) atoms. The van der Waals surface area contributed by atoms with E-state index in [1.165, 1.54) is 0 Å². The first-order valence-electron chi connectivity index (χ1n) is 8.72. The number of hydrogen-bond donors (Lipinski definition) is 1. The highest BCUT2D eigenvalue weighted by Gasteiger charge is 2.31. The summed E-state index contributed by atoms with van der Waals surface area (Å²) in [5.41, 5.74) is -0.0542. The lowest BCUT2D eigenvalue weighted by molar-refractivity contribution is -0.137. The van der Waals surface area contributed by atoms with E-state index in [2.05, 4.69) is 0 Å². The number of hydrogen-bond acceptors (Lipinski definition) is 3. The van der Waals surface area contributed by atoms with E-state index < -0.39 is 29.9 Å². The molecule has 3 aromatic carbocycles. The molecule has 0 spiro atoms. The number of halogens is 5. The Kier molecular flexibility index (Phi) is 6.71. The summed E-state index contributed by atoms with van der Waals surface area (Å²) < 4.78 is 43.7. The van der Waals surface area contributed by atoms with Crippen LogP contribution in [0.2, 0.25) is 10.0 Å². The van der Waals surface area contributed by atoms with Gasteiger partial charge in [0.15, 0.2) is 6.10 Å². The molecule has 8 heteroatoms. The molecule has 0 radical (unpaired) electrons. The molecule has 0 aromatic heterocycles. The average molecular weight is 455 g/mol. The van der Waals surface area contributed by atoms with Crippen LogP contribution in [0.1, 0.15) is 39.3 Å². The van der Waals surface area contributed by atoms with Gasteiger partial charge in [-0.05, 0) is 59.7 Å². The second kappa shape index (κ2) is 9.08. The summed E-state index contributed by atoms with van der Waals surface area (Å²) in [6.07, 6.45) is -6.89. The molecule has 2 atom stereocenters. The van der Waals surface area contributed by atoms with Gasteiger partial charge in [-0.3, -0.25) is 0 Å². The van der Waals surface area contributed by atoms with Gasteiger partial charge in [0, 0.05) is 10.0 Å². The van der Waals surface area contributed by atoms with Crippen molar-refractivity contribution in [3.63, 3.8) is 0 Å². The maximum absolute atomic E-state index is 12.7. The van der Waals surface area contributed by atoms with Gasteiger partial charge >= 0.3 is 12.1 Å². The highest BCUT2D eigenvalue weighted by atomic mass is 35.5. The first kappa shape index (κ1) is 22.2. The molecule has 0 amide bonds. The van der Waals surface area contributed by atoms with Crippen LogP contribution >= 0.6 is 23.2 Å². The average Bonchev–Trinajstić information content (AvgIpc) is 2.72. The minimum absolute atomic E-state index is 0.0785. The maximum atomic E-state index is 12.7. The van der Waals surface area contributed by atoms with Crippen molar-refractivity contribution in [3.8, 4) is 0 Å². The van der Waals surface area contributed by atoms with Crippen molar-refractivity contribution >= 4 is 29.2 Å². The molecule has 3 nitrogen and oxygen atoms in total. The van der Waals surface area contributed by atoms with Crippen LogP contribution in [0.4, 0.5) is 13.2 Å². The van der Waals surface area contributed by atoms with Gasteiger partial charge in [0.25, 0.3) is 0 Å². The number of rotatable bonds is 5. The SMILES string of the molecule is O=C(O[C@@H](c1ccc(Cl)cc1)[C@@H](O)c1ccc(Cl)cc1)c1ccc(C(F)(F)F)cc1. The van der Waals surface area contributed by atoms with Crippen molar-refractivity contribution in [1.82, 2.24) is 0 Å². The third-order valence-corrected chi connectivity index (χ3v) is 4.88. The van der Waals surface area contributed by atoms with Gasteiger partial charge in [-0.25, -0.2) is 4.79 Å². The van der Waals surface area contributed by atoms with Crippen molar-refractivity contribution in [2.45, 2.75) is 18.4 Å². The zero-order valence-electron chi connectivity index (χ0n) is 15.2. The van der Waals surface area contributed by atoms with Crippen molar-refractivity contribution in [2.24, 2.45) is 0 Å². The number of ether oxygens (including phenoxy) is 1. The number of esters is 1. The number of aliphatic hydroxyl groups excluding tert-OH is 1. The Bertz CT molecular complexity index is 1000. The van der Waals surface area contributed by atoms with E-state index in [1.807, 2.05) is 0 Å². The molecule has 1 N–H and O–H groups in total. The Labute approximate surface area is 180 Å². The van der Waals surface area contributed by atoms with Crippen LogP contribution in [0.5, 0.6) is 0 Å². The predicted molar refractivity (Wildman–Crippen MR) is 107 cm³/mol. The lowest BCUT2D eigenvalue weighted by atomic mass is 9.98. The fourth-order valence-electron chi connectivity index (χ4n) is 2.78. The molecule has 0 saturated heterocycles. The molecule has 0 bridgehead atoms. The van der Waals surface area contributed by atoms with Gasteiger partial charge in [0.05, 0.1) is 11.1 Å². The smallest absolute Gasteiger partial charge is 0.416 e. The molecule has 0 fully saturated rings. The first-order valence-corrected chi connectivity index (χ1v) is 9.48. The second-order valence-corrected chi connectivity index (χ2v) is 7.32. The summed E-state index contributed by atoms with van der Waals surface area (Å²) in [5.74, 6) is -0.878. The molecule has 156 valence electrons. The Hall–Kier alpha value is -2.54. The van der Waals surface area contributed by atoms with Crippen LogP contribution in [0.15, 0.2) is 72.8 Å². The normalized spacial score (nSPS) is 13.5. The summed E-state index contributed by atoms with van der Waals surface area (Å²) in [4.78, 5) is 12.6. The molecule has 0 aliphatic carbocycles. The van der Waals surface area contributed by atoms with E-state index in [1.54, 1.807) is 48.5 Å². The third-order valence-electron chi connectivity index (χ3n) is 4.38. The highest BCUT2D eigenvalue weighted by Crippen LogP contribution is 2.34. The summed E-state index contributed by atoms with van der Waals surface area (Å²) >= 11 is 11.8. The molecule has 0 aliphatic rings. The Morgan fingerprint density at radius 3 is 1.73 bits per heavy atom. The summed E-state index contributed by atoms with van der Waals surface area (Å²) in [5, 5.41) is 11.8. The number of alkyl halides is 3. The maximum Gasteiger partial charge on any atom is 0.416 e. The van der Waals surface area contributed by atoms with Crippen molar-refractivity contribution < 1.29 is 27.8 Å². The number of aliphatic hydroxyl groups is 1. The van der Waals surface area contributed by atoms with Crippen molar-refractivity contribution in [2.75, 3.05) is 0 Å². The van der Waals surface area contributed by atoms with E-state index in [9.17, 15) is 23.1 Å². The van der Waals surface area contributed by atoms with Gasteiger partial charge in [-0.1, -0.05) is 47.5 Å². The van der Waals surface area contributed by atoms with E-state index in [0.717, 1.165) is 24.3 Å². The minimum atomic E-state index is -4.51. The quantitative estimate of drug-likeness (QED) is 0.439. The van der Waals surface area contributed by atoms with Crippen LogP contribution < -0.4 is 0 Å².